The average molecular weight is 593 g/mol. The first-order valence-electron chi connectivity index (χ1n) is 15.1. The lowest BCUT2D eigenvalue weighted by molar-refractivity contribution is 1.03. The Morgan fingerprint density at radius 1 is 0.467 bits per heavy atom. The van der Waals surface area contributed by atoms with Gasteiger partial charge in [0.15, 0.2) is 0 Å². The lowest BCUT2D eigenvalue weighted by atomic mass is 10.0. The molecule has 9 aromatic rings. The summed E-state index contributed by atoms with van der Waals surface area (Å²) in [5, 5.41) is 3.83. The monoisotopic (exact) mass is 592 g/mol. The van der Waals surface area contributed by atoms with E-state index in [1.54, 1.807) is 0 Å². The van der Waals surface area contributed by atoms with Gasteiger partial charge in [-0.05, 0) is 48.5 Å². The molecular weight excluding hydrogens is 569 g/mol. The highest BCUT2D eigenvalue weighted by molar-refractivity contribution is 7.99. The standard InChI is InChI=1S/C40H24N4S/c1-2-11-25(12-3-1)37-38(42-31-16-6-5-15-30(31)41-37)26-21-23-27(24-22-26)43-32-17-7-4-13-28(32)36-29-14-10-20-35-39(29)44(40(36)43)33-18-8-9-19-34(33)45-35/h1-24H. The van der Waals surface area contributed by atoms with E-state index in [1.807, 2.05) is 42.1 Å². The van der Waals surface area contributed by atoms with Gasteiger partial charge in [0.1, 0.15) is 5.65 Å². The fourth-order valence-electron chi connectivity index (χ4n) is 6.96. The Bertz CT molecular complexity index is 2610. The summed E-state index contributed by atoms with van der Waals surface area (Å²) in [6.07, 6.45) is 0. The van der Waals surface area contributed by atoms with Gasteiger partial charge in [-0.1, -0.05) is 109 Å². The highest BCUT2D eigenvalue weighted by atomic mass is 32.2. The van der Waals surface area contributed by atoms with E-state index in [9.17, 15) is 0 Å². The molecular formula is C40H24N4S. The molecule has 0 saturated heterocycles. The number of aromatic nitrogens is 4. The fourth-order valence-corrected chi connectivity index (χ4v) is 8.05. The first kappa shape index (κ1) is 24.8. The van der Waals surface area contributed by atoms with Crippen molar-refractivity contribution in [3.05, 3.63) is 146 Å². The van der Waals surface area contributed by atoms with Crippen molar-refractivity contribution in [2.75, 3.05) is 0 Å². The van der Waals surface area contributed by atoms with E-state index in [1.165, 1.54) is 48.3 Å². The second-order valence-electron chi connectivity index (χ2n) is 11.4. The van der Waals surface area contributed by atoms with Crippen LogP contribution < -0.4 is 0 Å². The number of fused-ring (bicyclic) bond motifs is 8. The number of rotatable bonds is 3. The number of para-hydroxylation sites is 5. The van der Waals surface area contributed by atoms with E-state index in [0.717, 1.165) is 39.2 Å². The largest absolute Gasteiger partial charge is 0.295 e. The van der Waals surface area contributed by atoms with Gasteiger partial charge in [0.05, 0.1) is 39.1 Å². The van der Waals surface area contributed by atoms with Gasteiger partial charge in [0.2, 0.25) is 0 Å². The van der Waals surface area contributed by atoms with E-state index < -0.39 is 0 Å². The topological polar surface area (TPSA) is 35.6 Å². The summed E-state index contributed by atoms with van der Waals surface area (Å²) in [5.74, 6) is 0. The van der Waals surface area contributed by atoms with Crippen LogP contribution in [0, 0.1) is 0 Å². The summed E-state index contributed by atoms with van der Waals surface area (Å²) in [6, 6.07) is 51.5. The molecule has 0 unspecified atom stereocenters. The van der Waals surface area contributed by atoms with Crippen LogP contribution in [0.4, 0.5) is 0 Å². The number of hydrogen-bond acceptors (Lipinski definition) is 3. The van der Waals surface area contributed by atoms with Crippen molar-refractivity contribution in [1.82, 2.24) is 19.1 Å². The van der Waals surface area contributed by atoms with E-state index >= 15 is 0 Å². The number of benzene rings is 6. The molecule has 0 radical (unpaired) electrons. The summed E-state index contributed by atoms with van der Waals surface area (Å²) in [6.45, 7) is 0. The van der Waals surface area contributed by atoms with Gasteiger partial charge in [-0.15, -0.1) is 0 Å². The van der Waals surface area contributed by atoms with Crippen molar-refractivity contribution in [1.29, 1.82) is 0 Å². The molecule has 6 aromatic carbocycles. The van der Waals surface area contributed by atoms with Crippen molar-refractivity contribution in [2.45, 2.75) is 9.79 Å². The maximum Gasteiger partial charge on any atom is 0.131 e. The molecule has 1 aliphatic rings. The van der Waals surface area contributed by atoms with E-state index in [0.29, 0.717) is 0 Å². The normalized spacial score (nSPS) is 12.4. The van der Waals surface area contributed by atoms with Crippen molar-refractivity contribution in [3.8, 4) is 33.9 Å². The first-order chi connectivity index (χ1) is 22.3. The molecule has 0 bridgehead atoms. The molecule has 0 aliphatic carbocycles. The lowest BCUT2D eigenvalue weighted by Crippen LogP contribution is -2.05. The Balaban J connectivity index is 1.24. The van der Waals surface area contributed by atoms with Crippen LogP contribution in [0.15, 0.2) is 155 Å². The maximum absolute atomic E-state index is 5.14. The van der Waals surface area contributed by atoms with Gasteiger partial charge >= 0.3 is 0 Å². The summed E-state index contributed by atoms with van der Waals surface area (Å²) < 4.78 is 4.90. The van der Waals surface area contributed by atoms with Gasteiger partial charge in [0.25, 0.3) is 0 Å². The zero-order chi connectivity index (χ0) is 29.5. The molecule has 0 N–H and O–H groups in total. The Morgan fingerprint density at radius 3 is 1.89 bits per heavy atom. The number of nitrogens with zero attached hydrogens (tertiary/aromatic N) is 4. The molecule has 10 rings (SSSR count). The lowest BCUT2D eigenvalue weighted by Gasteiger charge is -2.21. The highest BCUT2D eigenvalue weighted by Crippen LogP contribution is 2.49. The Hall–Kier alpha value is -5.65. The molecule has 1 aliphatic heterocycles. The molecule has 0 spiro atoms. The molecule has 0 saturated carbocycles. The first-order valence-corrected chi connectivity index (χ1v) is 15.9. The minimum atomic E-state index is 0.882. The van der Waals surface area contributed by atoms with Gasteiger partial charge in [-0.25, -0.2) is 9.97 Å². The smallest absolute Gasteiger partial charge is 0.131 e. The average Bonchev–Trinajstić information content (AvgIpc) is 3.62. The highest BCUT2D eigenvalue weighted by Gasteiger charge is 2.27. The number of hydrogen-bond donors (Lipinski definition) is 0. The molecule has 4 nitrogen and oxygen atoms in total. The third-order valence-electron chi connectivity index (χ3n) is 8.90. The summed E-state index contributed by atoms with van der Waals surface area (Å²) in [4.78, 5) is 12.8. The Morgan fingerprint density at radius 2 is 1.09 bits per heavy atom. The van der Waals surface area contributed by atoms with Gasteiger partial charge in [0, 0.05) is 42.8 Å². The third-order valence-corrected chi connectivity index (χ3v) is 10.0. The van der Waals surface area contributed by atoms with Crippen molar-refractivity contribution in [2.24, 2.45) is 0 Å². The van der Waals surface area contributed by atoms with E-state index in [4.69, 9.17) is 9.97 Å². The Kier molecular flexibility index (Phi) is 5.18. The van der Waals surface area contributed by atoms with Gasteiger partial charge < -0.3 is 0 Å². The quantitative estimate of drug-likeness (QED) is 0.205. The van der Waals surface area contributed by atoms with Gasteiger partial charge in [-0.3, -0.25) is 9.13 Å². The summed E-state index contributed by atoms with van der Waals surface area (Å²) >= 11 is 1.86. The van der Waals surface area contributed by atoms with Crippen molar-refractivity contribution < 1.29 is 0 Å². The van der Waals surface area contributed by atoms with Gasteiger partial charge in [-0.2, -0.15) is 0 Å². The van der Waals surface area contributed by atoms with Crippen molar-refractivity contribution >= 4 is 55.6 Å². The third kappa shape index (κ3) is 3.56. The molecule has 4 heterocycles. The van der Waals surface area contributed by atoms with Crippen molar-refractivity contribution in [3.63, 3.8) is 0 Å². The maximum atomic E-state index is 5.14. The molecule has 0 amide bonds. The molecule has 0 fully saturated rings. The van der Waals surface area contributed by atoms with Crippen LogP contribution >= 0.6 is 11.8 Å². The zero-order valence-electron chi connectivity index (χ0n) is 24.1. The summed E-state index contributed by atoms with van der Waals surface area (Å²) in [5.41, 5.74) is 11.6. The molecule has 210 valence electrons. The fraction of sp³-hybridized carbons (Fsp3) is 0. The summed E-state index contributed by atoms with van der Waals surface area (Å²) in [7, 11) is 0. The van der Waals surface area contributed by atoms with Crippen LogP contribution in [0.2, 0.25) is 0 Å². The molecule has 45 heavy (non-hydrogen) atoms. The minimum Gasteiger partial charge on any atom is -0.295 e. The van der Waals surface area contributed by atoms with Crippen LogP contribution in [0.1, 0.15) is 0 Å². The SMILES string of the molecule is c1ccc(-c2nc3ccccc3nc2-c2ccc(-n3c4ccccc4c4c5cccc6c5n(c43)-c3ccccc3S6)cc2)cc1. The van der Waals surface area contributed by atoms with Crippen LogP contribution in [-0.4, -0.2) is 19.1 Å². The van der Waals surface area contributed by atoms with Crippen LogP contribution in [0.25, 0.3) is 77.8 Å². The van der Waals surface area contributed by atoms with E-state index in [2.05, 4.69) is 124 Å². The zero-order valence-corrected chi connectivity index (χ0v) is 24.9. The van der Waals surface area contributed by atoms with Crippen LogP contribution in [0.5, 0.6) is 0 Å². The minimum absolute atomic E-state index is 0.882. The Labute approximate surface area is 263 Å². The van der Waals surface area contributed by atoms with Crippen LogP contribution in [-0.2, 0) is 0 Å². The molecule has 0 atom stereocenters. The van der Waals surface area contributed by atoms with Crippen LogP contribution in [0.3, 0.4) is 0 Å². The predicted octanol–water partition coefficient (Wildman–Crippen LogP) is 10.5. The molecule has 3 aromatic heterocycles. The predicted molar refractivity (Wildman–Crippen MR) is 186 cm³/mol. The molecule has 5 heteroatoms. The second-order valence-corrected chi connectivity index (χ2v) is 12.5. The van der Waals surface area contributed by atoms with E-state index in [-0.39, 0.29) is 0 Å². The second kappa shape index (κ2) is 9.42.